The van der Waals surface area contributed by atoms with Crippen molar-refractivity contribution in [3.8, 4) is 0 Å². The third kappa shape index (κ3) is 4.31. The zero-order valence-electron chi connectivity index (χ0n) is 12.9. The van der Waals surface area contributed by atoms with Gasteiger partial charge in [0.25, 0.3) is 0 Å². The molecular formula is C14H26N2O5. The summed E-state index contributed by atoms with van der Waals surface area (Å²) < 4.78 is 4.97. The van der Waals surface area contributed by atoms with Gasteiger partial charge < -0.3 is 24.7 Å². The van der Waals surface area contributed by atoms with Gasteiger partial charge in [-0.15, -0.1) is 0 Å². The van der Waals surface area contributed by atoms with Crippen molar-refractivity contribution in [2.24, 2.45) is 5.41 Å². The van der Waals surface area contributed by atoms with Gasteiger partial charge in [0.15, 0.2) is 0 Å². The number of hydrogen-bond acceptors (Lipinski definition) is 4. The zero-order valence-corrected chi connectivity index (χ0v) is 12.9. The van der Waals surface area contributed by atoms with Crippen LogP contribution in [0.1, 0.15) is 26.2 Å². The fraction of sp³-hybridized carbons (Fsp3) is 0.857. The van der Waals surface area contributed by atoms with Crippen LogP contribution in [0, 0.1) is 5.41 Å². The van der Waals surface area contributed by atoms with Crippen LogP contribution in [0.5, 0.6) is 0 Å². The molecule has 1 saturated heterocycles. The molecule has 0 unspecified atom stereocenters. The van der Waals surface area contributed by atoms with Crippen LogP contribution >= 0.6 is 0 Å². The van der Waals surface area contributed by atoms with Gasteiger partial charge >= 0.3 is 12.0 Å². The molecule has 0 radical (unpaired) electrons. The fourth-order valence-electron chi connectivity index (χ4n) is 2.67. The lowest BCUT2D eigenvalue weighted by Gasteiger charge is -2.40. The number of aliphatic hydroxyl groups is 1. The Kier molecular flexibility index (Phi) is 6.91. The van der Waals surface area contributed by atoms with Gasteiger partial charge in [0.05, 0.1) is 18.6 Å². The third-order valence-electron chi connectivity index (χ3n) is 4.33. The maximum atomic E-state index is 12.4. The van der Waals surface area contributed by atoms with E-state index in [1.165, 1.54) is 0 Å². The van der Waals surface area contributed by atoms with Crippen molar-refractivity contribution in [2.75, 3.05) is 46.5 Å². The molecule has 1 aliphatic rings. The van der Waals surface area contributed by atoms with Gasteiger partial charge in [-0.2, -0.15) is 0 Å². The fourth-order valence-corrected chi connectivity index (χ4v) is 2.67. The number of carboxylic acid groups (broad SMARTS) is 1. The molecule has 7 nitrogen and oxygen atoms in total. The van der Waals surface area contributed by atoms with Gasteiger partial charge in [-0.25, -0.2) is 4.79 Å². The van der Waals surface area contributed by atoms with Crippen LogP contribution in [-0.2, 0) is 9.53 Å². The Labute approximate surface area is 125 Å². The van der Waals surface area contributed by atoms with Gasteiger partial charge in [-0.05, 0) is 19.3 Å². The Morgan fingerprint density at radius 3 is 2.33 bits per heavy atom. The van der Waals surface area contributed by atoms with Crippen LogP contribution < -0.4 is 0 Å². The van der Waals surface area contributed by atoms with Gasteiger partial charge in [-0.3, -0.25) is 4.79 Å². The number of amides is 2. The average molecular weight is 302 g/mol. The van der Waals surface area contributed by atoms with Crippen molar-refractivity contribution >= 4 is 12.0 Å². The number of carboxylic acids is 1. The number of nitrogens with zero attached hydrogens (tertiary/aromatic N) is 2. The zero-order chi connectivity index (χ0) is 15.9. The quantitative estimate of drug-likeness (QED) is 0.719. The topological polar surface area (TPSA) is 90.3 Å². The lowest BCUT2D eigenvalue weighted by Crippen LogP contribution is -2.51. The summed E-state index contributed by atoms with van der Waals surface area (Å²) in [6, 6.07) is -0.156. The van der Waals surface area contributed by atoms with E-state index >= 15 is 0 Å². The van der Waals surface area contributed by atoms with E-state index in [1.807, 2.05) is 6.92 Å². The first-order chi connectivity index (χ1) is 10.0. The van der Waals surface area contributed by atoms with Crippen molar-refractivity contribution in [1.29, 1.82) is 0 Å². The second-order valence-electron chi connectivity index (χ2n) is 5.41. The third-order valence-corrected chi connectivity index (χ3v) is 4.33. The van der Waals surface area contributed by atoms with Gasteiger partial charge in [-0.1, -0.05) is 6.92 Å². The maximum Gasteiger partial charge on any atom is 0.320 e. The predicted octanol–water partition coefficient (Wildman–Crippen LogP) is 0.624. The number of hydrogen-bond donors (Lipinski definition) is 2. The molecule has 122 valence electrons. The first-order valence-electron chi connectivity index (χ1n) is 7.37. The first-order valence-corrected chi connectivity index (χ1v) is 7.37. The van der Waals surface area contributed by atoms with Crippen molar-refractivity contribution in [3.63, 3.8) is 0 Å². The number of piperidine rings is 1. The highest BCUT2D eigenvalue weighted by atomic mass is 16.5. The minimum absolute atomic E-state index is 0.0999. The van der Waals surface area contributed by atoms with E-state index < -0.39 is 11.4 Å². The molecule has 0 aliphatic carbocycles. The molecule has 0 saturated carbocycles. The van der Waals surface area contributed by atoms with E-state index in [2.05, 4.69) is 0 Å². The molecule has 0 aromatic carbocycles. The molecule has 21 heavy (non-hydrogen) atoms. The second kappa shape index (κ2) is 8.19. The molecule has 0 spiro atoms. The predicted molar refractivity (Wildman–Crippen MR) is 77.1 cm³/mol. The van der Waals surface area contributed by atoms with Crippen LogP contribution in [0.15, 0.2) is 0 Å². The number of urea groups is 1. The summed E-state index contributed by atoms with van der Waals surface area (Å²) in [5.74, 6) is -0.774. The summed E-state index contributed by atoms with van der Waals surface area (Å²) in [5.41, 5.74) is -0.703. The number of likely N-dealkylation sites (tertiary alicyclic amines) is 1. The van der Waals surface area contributed by atoms with Crippen LogP contribution in [0.25, 0.3) is 0 Å². The van der Waals surface area contributed by atoms with Crippen LogP contribution in [0.2, 0.25) is 0 Å². The van der Waals surface area contributed by atoms with Crippen molar-refractivity contribution < 1.29 is 24.5 Å². The Hall–Kier alpha value is -1.34. The summed E-state index contributed by atoms with van der Waals surface area (Å²) in [4.78, 5) is 27.0. The van der Waals surface area contributed by atoms with Crippen molar-refractivity contribution in [3.05, 3.63) is 0 Å². The van der Waals surface area contributed by atoms with E-state index in [-0.39, 0.29) is 19.2 Å². The lowest BCUT2D eigenvalue weighted by atomic mass is 9.76. The molecule has 1 fully saturated rings. The summed E-state index contributed by atoms with van der Waals surface area (Å²) >= 11 is 0. The molecule has 7 heteroatoms. The largest absolute Gasteiger partial charge is 0.481 e. The van der Waals surface area contributed by atoms with Crippen LogP contribution in [0.4, 0.5) is 4.79 Å². The molecule has 0 aromatic rings. The van der Waals surface area contributed by atoms with E-state index in [9.17, 15) is 14.7 Å². The molecule has 0 aromatic heterocycles. The van der Waals surface area contributed by atoms with E-state index in [4.69, 9.17) is 9.84 Å². The molecule has 0 atom stereocenters. The first kappa shape index (κ1) is 17.7. The van der Waals surface area contributed by atoms with E-state index in [1.54, 1.807) is 16.9 Å². The van der Waals surface area contributed by atoms with Crippen LogP contribution in [0.3, 0.4) is 0 Å². The highest BCUT2D eigenvalue weighted by molar-refractivity contribution is 5.77. The molecular weight excluding hydrogens is 276 g/mol. The SMILES string of the molecule is CCC1(C(=O)O)CCN(C(=O)N(CCO)CCOC)CC1. The molecule has 2 N–H and O–H groups in total. The number of methoxy groups -OCH3 is 1. The van der Waals surface area contributed by atoms with Gasteiger partial charge in [0, 0.05) is 33.3 Å². The standard InChI is InChI=1S/C14H26N2O5/c1-3-14(12(18)19)4-6-15(7-5-14)13(20)16(8-10-17)9-11-21-2/h17H,3-11H2,1-2H3,(H,18,19). The van der Waals surface area contributed by atoms with E-state index in [0.717, 1.165) is 0 Å². The summed E-state index contributed by atoms with van der Waals surface area (Å²) in [6.07, 6.45) is 1.53. The number of rotatable bonds is 7. The van der Waals surface area contributed by atoms with Crippen molar-refractivity contribution in [1.82, 2.24) is 9.80 Å². The molecule has 0 bridgehead atoms. The Morgan fingerprint density at radius 1 is 1.29 bits per heavy atom. The average Bonchev–Trinajstić information content (AvgIpc) is 2.50. The molecule has 1 heterocycles. The van der Waals surface area contributed by atoms with Crippen molar-refractivity contribution in [2.45, 2.75) is 26.2 Å². The molecule has 1 aliphatic heterocycles. The monoisotopic (exact) mass is 302 g/mol. The highest BCUT2D eigenvalue weighted by Gasteiger charge is 2.41. The minimum Gasteiger partial charge on any atom is -0.481 e. The molecule has 2 amide bonds. The number of ether oxygens (including phenoxy) is 1. The summed E-state index contributed by atoms with van der Waals surface area (Å²) in [6.45, 7) is 3.75. The smallest absolute Gasteiger partial charge is 0.320 e. The minimum atomic E-state index is -0.774. The number of carbonyl (C=O) groups excluding carboxylic acids is 1. The summed E-state index contributed by atoms with van der Waals surface area (Å²) in [7, 11) is 1.56. The number of aliphatic hydroxyl groups excluding tert-OH is 1. The van der Waals surface area contributed by atoms with E-state index in [0.29, 0.717) is 45.5 Å². The Bertz CT molecular complexity index is 353. The highest BCUT2D eigenvalue weighted by Crippen LogP contribution is 2.35. The number of carbonyl (C=O) groups is 2. The number of aliphatic carboxylic acids is 1. The normalized spacial score (nSPS) is 17.6. The summed E-state index contributed by atoms with van der Waals surface area (Å²) in [5, 5.41) is 18.4. The second-order valence-corrected chi connectivity index (χ2v) is 5.41. The molecule has 1 rings (SSSR count). The van der Waals surface area contributed by atoms with Gasteiger partial charge in [0.1, 0.15) is 0 Å². The van der Waals surface area contributed by atoms with Crippen LogP contribution in [-0.4, -0.2) is 78.5 Å². The Balaban J connectivity index is 2.62. The van der Waals surface area contributed by atoms with Gasteiger partial charge in [0.2, 0.25) is 0 Å². The Morgan fingerprint density at radius 2 is 1.90 bits per heavy atom. The lowest BCUT2D eigenvalue weighted by molar-refractivity contribution is -0.152. The maximum absolute atomic E-state index is 12.4.